The smallest absolute Gasteiger partial charge is 0.478 e. The zero-order chi connectivity index (χ0) is 11.7. The molecular weight excluding hydrogens is 200 g/mol. The Hall–Kier alpha value is -1.96. The molecule has 82 valence electrons. The van der Waals surface area contributed by atoms with Crippen molar-refractivity contribution in [2.45, 2.75) is 13.3 Å². The van der Waals surface area contributed by atoms with Crippen molar-refractivity contribution >= 4 is 12.1 Å². The fourth-order valence-corrected chi connectivity index (χ4v) is 0.647. The summed E-state index contributed by atoms with van der Waals surface area (Å²) in [4.78, 5) is 21.0. The van der Waals surface area contributed by atoms with Crippen molar-refractivity contribution in [1.29, 1.82) is 0 Å². The monoisotopic (exact) mass is 212 g/mol. The fourth-order valence-electron chi connectivity index (χ4n) is 0.647. The van der Waals surface area contributed by atoms with Crippen molar-refractivity contribution in [3.8, 4) is 12.3 Å². The van der Waals surface area contributed by atoms with Crippen molar-refractivity contribution in [1.82, 2.24) is 0 Å². The SMILES string of the molecule is C#CCOC(=O)OCC/C=C(\C)C(=O)O. The van der Waals surface area contributed by atoms with Gasteiger partial charge in [0, 0.05) is 12.0 Å². The van der Waals surface area contributed by atoms with Gasteiger partial charge in [-0.3, -0.25) is 0 Å². The van der Waals surface area contributed by atoms with Crippen molar-refractivity contribution in [2.24, 2.45) is 0 Å². The predicted molar refractivity (Wildman–Crippen MR) is 52.1 cm³/mol. The number of rotatable bonds is 5. The van der Waals surface area contributed by atoms with E-state index in [1.54, 1.807) is 0 Å². The lowest BCUT2D eigenvalue weighted by atomic mass is 10.2. The van der Waals surface area contributed by atoms with Gasteiger partial charge in [0.25, 0.3) is 0 Å². The summed E-state index contributed by atoms with van der Waals surface area (Å²) in [6.45, 7) is 1.38. The average molecular weight is 212 g/mol. The minimum absolute atomic E-state index is 0.0635. The molecule has 15 heavy (non-hydrogen) atoms. The van der Waals surface area contributed by atoms with Crippen LogP contribution in [0.5, 0.6) is 0 Å². The van der Waals surface area contributed by atoms with Gasteiger partial charge in [-0.1, -0.05) is 12.0 Å². The zero-order valence-electron chi connectivity index (χ0n) is 8.36. The van der Waals surface area contributed by atoms with E-state index in [9.17, 15) is 9.59 Å². The molecule has 0 aromatic heterocycles. The van der Waals surface area contributed by atoms with Crippen molar-refractivity contribution < 1.29 is 24.2 Å². The Kier molecular flexibility index (Phi) is 6.47. The maximum atomic E-state index is 10.7. The number of aliphatic carboxylic acids is 1. The number of carbonyl (C=O) groups is 2. The molecule has 5 heteroatoms. The van der Waals surface area contributed by atoms with Crippen LogP contribution in [0.2, 0.25) is 0 Å². The number of ether oxygens (including phenoxy) is 2. The third-order valence-electron chi connectivity index (χ3n) is 1.40. The Balaban J connectivity index is 3.63. The molecule has 0 atom stereocenters. The Morgan fingerprint density at radius 1 is 1.47 bits per heavy atom. The third-order valence-corrected chi connectivity index (χ3v) is 1.40. The minimum atomic E-state index is -0.995. The second-order valence-electron chi connectivity index (χ2n) is 2.57. The molecule has 0 unspecified atom stereocenters. The molecule has 0 radical (unpaired) electrons. The molecule has 0 aromatic carbocycles. The number of carbonyl (C=O) groups excluding carboxylic acids is 1. The van der Waals surface area contributed by atoms with E-state index < -0.39 is 12.1 Å². The van der Waals surface area contributed by atoms with E-state index in [2.05, 4.69) is 15.4 Å². The first-order valence-electron chi connectivity index (χ1n) is 4.21. The molecular formula is C10H12O5. The van der Waals surface area contributed by atoms with Crippen molar-refractivity contribution in [3.05, 3.63) is 11.6 Å². The van der Waals surface area contributed by atoms with Crippen LogP contribution in [0, 0.1) is 12.3 Å². The van der Waals surface area contributed by atoms with Gasteiger partial charge in [-0.15, -0.1) is 6.42 Å². The minimum Gasteiger partial charge on any atom is -0.478 e. The standard InChI is InChI=1S/C10H12O5/c1-3-6-14-10(13)15-7-4-5-8(2)9(11)12/h1,5H,4,6-7H2,2H3,(H,11,12)/b8-5+. The molecule has 0 saturated heterocycles. The molecule has 5 nitrogen and oxygen atoms in total. The first-order chi connectivity index (χ1) is 7.07. The Bertz CT molecular complexity index is 297. The van der Waals surface area contributed by atoms with E-state index in [-0.39, 0.29) is 18.8 Å². The highest BCUT2D eigenvalue weighted by atomic mass is 16.7. The second-order valence-corrected chi connectivity index (χ2v) is 2.57. The van der Waals surface area contributed by atoms with Gasteiger partial charge < -0.3 is 14.6 Å². The summed E-state index contributed by atoms with van der Waals surface area (Å²) in [7, 11) is 0. The number of terminal acetylenes is 1. The highest BCUT2D eigenvalue weighted by Gasteiger charge is 2.02. The van der Waals surface area contributed by atoms with Gasteiger partial charge in [0.05, 0.1) is 6.61 Å². The Morgan fingerprint density at radius 3 is 2.67 bits per heavy atom. The van der Waals surface area contributed by atoms with Gasteiger partial charge in [-0.2, -0.15) is 0 Å². The molecule has 1 N–H and O–H groups in total. The first-order valence-corrected chi connectivity index (χ1v) is 4.21. The lowest BCUT2D eigenvalue weighted by molar-refractivity contribution is -0.132. The molecule has 0 aliphatic rings. The number of hydrogen-bond acceptors (Lipinski definition) is 4. The van der Waals surface area contributed by atoms with Crippen LogP contribution in [0.3, 0.4) is 0 Å². The summed E-state index contributed by atoms with van der Waals surface area (Å²) in [5.74, 6) is 1.11. The summed E-state index contributed by atoms with van der Waals surface area (Å²) < 4.78 is 8.99. The molecule has 0 amide bonds. The number of carboxylic acids is 1. The molecule has 0 aliphatic heterocycles. The van der Waals surface area contributed by atoms with Crippen LogP contribution in [-0.4, -0.2) is 30.4 Å². The molecule has 0 heterocycles. The molecule has 0 fully saturated rings. The van der Waals surface area contributed by atoms with Gasteiger partial charge in [0.1, 0.15) is 0 Å². The summed E-state index contributed by atoms with van der Waals surface area (Å²) >= 11 is 0. The molecule has 0 rings (SSSR count). The van der Waals surface area contributed by atoms with E-state index >= 15 is 0 Å². The van der Waals surface area contributed by atoms with Crippen LogP contribution in [0.15, 0.2) is 11.6 Å². The van der Waals surface area contributed by atoms with Gasteiger partial charge in [0.2, 0.25) is 0 Å². The fraction of sp³-hybridized carbons (Fsp3) is 0.400. The topological polar surface area (TPSA) is 72.8 Å². The summed E-state index contributed by atoms with van der Waals surface area (Å²) in [5, 5.41) is 8.48. The van der Waals surface area contributed by atoms with Crippen LogP contribution in [0.4, 0.5) is 4.79 Å². The van der Waals surface area contributed by atoms with Crippen LogP contribution in [0.25, 0.3) is 0 Å². The third kappa shape index (κ3) is 7.14. The van der Waals surface area contributed by atoms with E-state index in [1.165, 1.54) is 13.0 Å². The summed E-state index contributed by atoms with van der Waals surface area (Å²) in [5.41, 5.74) is 0.204. The van der Waals surface area contributed by atoms with Crippen LogP contribution in [0.1, 0.15) is 13.3 Å². The molecule has 0 bridgehead atoms. The molecule has 0 aliphatic carbocycles. The highest BCUT2D eigenvalue weighted by Crippen LogP contribution is 1.96. The average Bonchev–Trinajstić information content (AvgIpc) is 2.20. The van der Waals surface area contributed by atoms with Crippen molar-refractivity contribution in [2.75, 3.05) is 13.2 Å². The van der Waals surface area contributed by atoms with E-state index in [0.717, 1.165) is 0 Å². The van der Waals surface area contributed by atoms with Gasteiger partial charge in [0.15, 0.2) is 6.61 Å². The number of hydrogen-bond donors (Lipinski definition) is 1. The van der Waals surface area contributed by atoms with Gasteiger partial charge in [-0.25, -0.2) is 9.59 Å². The van der Waals surface area contributed by atoms with Crippen LogP contribution >= 0.6 is 0 Å². The van der Waals surface area contributed by atoms with Crippen molar-refractivity contribution in [3.63, 3.8) is 0 Å². The second kappa shape index (κ2) is 7.44. The van der Waals surface area contributed by atoms with Gasteiger partial charge in [-0.05, 0) is 6.92 Å². The Labute approximate surface area is 87.7 Å². The van der Waals surface area contributed by atoms with Crippen LogP contribution in [-0.2, 0) is 14.3 Å². The van der Waals surface area contributed by atoms with Gasteiger partial charge >= 0.3 is 12.1 Å². The molecule has 0 spiro atoms. The zero-order valence-corrected chi connectivity index (χ0v) is 8.36. The van der Waals surface area contributed by atoms with E-state index in [4.69, 9.17) is 11.5 Å². The highest BCUT2D eigenvalue weighted by molar-refractivity contribution is 5.85. The predicted octanol–water partition coefficient (Wildman–Crippen LogP) is 1.19. The summed E-state index contributed by atoms with van der Waals surface area (Å²) in [6, 6.07) is 0. The summed E-state index contributed by atoms with van der Waals surface area (Å²) in [6.07, 6.45) is 5.77. The maximum absolute atomic E-state index is 10.7. The van der Waals surface area contributed by atoms with E-state index in [0.29, 0.717) is 6.42 Å². The number of carboxylic acid groups (broad SMARTS) is 1. The maximum Gasteiger partial charge on any atom is 0.509 e. The normalized spacial score (nSPS) is 10.3. The lowest BCUT2D eigenvalue weighted by Gasteiger charge is -2.01. The van der Waals surface area contributed by atoms with E-state index in [1.807, 2.05) is 0 Å². The largest absolute Gasteiger partial charge is 0.509 e. The molecule has 0 saturated carbocycles. The molecule has 0 aromatic rings. The Morgan fingerprint density at radius 2 is 2.13 bits per heavy atom. The lowest BCUT2D eigenvalue weighted by Crippen LogP contribution is -2.08. The first kappa shape index (κ1) is 13.0. The quantitative estimate of drug-likeness (QED) is 0.321. The van der Waals surface area contributed by atoms with Crippen LogP contribution < -0.4 is 0 Å².